The van der Waals surface area contributed by atoms with Crippen molar-refractivity contribution < 1.29 is 4.79 Å². The van der Waals surface area contributed by atoms with Gasteiger partial charge in [-0.15, -0.1) is 5.10 Å². The number of rotatable bonds is 6. The molecule has 1 atom stereocenters. The number of carbonyl (C=O) groups is 1. The minimum atomic E-state index is 0.0368. The number of nitrogens with zero attached hydrogens (tertiary/aromatic N) is 4. The quantitative estimate of drug-likeness (QED) is 0.768. The van der Waals surface area contributed by atoms with Crippen molar-refractivity contribution in [2.24, 2.45) is 0 Å². The molecule has 1 aliphatic carbocycles. The molecule has 1 aliphatic rings. The van der Waals surface area contributed by atoms with Crippen molar-refractivity contribution in [1.29, 1.82) is 0 Å². The van der Waals surface area contributed by atoms with E-state index in [1.54, 1.807) is 0 Å². The van der Waals surface area contributed by atoms with Gasteiger partial charge in [0, 0.05) is 6.04 Å². The summed E-state index contributed by atoms with van der Waals surface area (Å²) in [7, 11) is 0. The summed E-state index contributed by atoms with van der Waals surface area (Å²) >= 11 is 1.40. The molecule has 1 heterocycles. The second-order valence-electron chi connectivity index (χ2n) is 4.30. The Kier molecular flexibility index (Phi) is 3.98. The Hall–Kier alpha value is -1.11. The first kappa shape index (κ1) is 12.3. The lowest BCUT2D eigenvalue weighted by molar-refractivity contribution is -0.119. The van der Waals surface area contributed by atoms with Crippen molar-refractivity contribution >= 4 is 17.7 Å². The van der Waals surface area contributed by atoms with Gasteiger partial charge >= 0.3 is 0 Å². The highest BCUT2D eigenvalue weighted by molar-refractivity contribution is 7.99. The maximum absolute atomic E-state index is 11.6. The predicted molar refractivity (Wildman–Crippen MR) is 64.7 cm³/mol. The molecule has 0 bridgehead atoms. The lowest BCUT2D eigenvalue weighted by Crippen LogP contribution is -2.33. The Morgan fingerprint density at radius 1 is 1.65 bits per heavy atom. The molecule has 1 N–H and O–H groups in total. The maximum Gasteiger partial charge on any atom is 0.230 e. The van der Waals surface area contributed by atoms with Crippen LogP contribution in [0.1, 0.15) is 39.2 Å². The molecule has 0 spiro atoms. The lowest BCUT2D eigenvalue weighted by atomic mass is 10.3. The van der Waals surface area contributed by atoms with Gasteiger partial charge in [0.25, 0.3) is 0 Å². The van der Waals surface area contributed by atoms with Gasteiger partial charge in [0.2, 0.25) is 11.1 Å². The Bertz CT molecular complexity index is 390. The summed E-state index contributed by atoms with van der Waals surface area (Å²) in [5, 5.41) is 15.2. The van der Waals surface area contributed by atoms with Gasteiger partial charge in [0.05, 0.1) is 11.8 Å². The molecule has 0 unspecified atom stereocenters. The first-order valence-corrected chi connectivity index (χ1v) is 6.89. The smallest absolute Gasteiger partial charge is 0.230 e. The van der Waals surface area contributed by atoms with E-state index in [9.17, 15) is 4.79 Å². The first-order chi connectivity index (χ1) is 8.20. The van der Waals surface area contributed by atoms with Crippen LogP contribution in [-0.4, -0.2) is 37.9 Å². The SMILES string of the molecule is CC[C@H](C)NC(=O)CSc1nnnn1C1CC1. The van der Waals surface area contributed by atoms with Crippen LogP contribution in [0.25, 0.3) is 0 Å². The highest BCUT2D eigenvalue weighted by Gasteiger charge is 2.28. The molecule has 94 valence electrons. The van der Waals surface area contributed by atoms with E-state index in [-0.39, 0.29) is 11.9 Å². The maximum atomic E-state index is 11.6. The van der Waals surface area contributed by atoms with Crippen LogP contribution >= 0.6 is 11.8 Å². The normalized spacial score (nSPS) is 16.8. The second-order valence-corrected chi connectivity index (χ2v) is 5.25. The van der Waals surface area contributed by atoms with Gasteiger partial charge in [-0.05, 0) is 36.6 Å². The Morgan fingerprint density at radius 3 is 3.06 bits per heavy atom. The topological polar surface area (TPSA) is 72.7 Å². The first-order valence-electron chi connectivity index (χ1n) is 5.90. The molecule has 1 saturated carbocycles. The molecule has 1 aromatic heterocycles. The second kappa shape index (κ2) is 5.48. The lowest BCUT2D eigenvalue weighted by Gasteiger charge is -2.10. The van der Waals surface area contributed by atoms with Crippen LogP contribution in [-0.2, 0) is 4.79 Å². The molecular weight excluding hydrogens is 238 g/mol. The van der Waals surface area contributed by atoms with Gasteiger partial charge in [-0.25, -0.2) is 4.68 Å². The van der Waals surface area contributed by atoms with Gasteiger partial charge in [0.1, 0.15) is 0 Å². The Labute approximate surface area is 105 Å². The molecule has 0 saturated heterocycles. The summed E-state index contributed by atoms with van der Waals surface area (Å²) in [6, 6.07) is 0.674. The zero-order chi connectivity index (χ0) is 12.3. The number of hydrogen-bond acceptors (Lipinski definition) is 5. The Balaban J connectivity index is 1.80. The van der Waals surface area contributed by atoms with E-state index in [4.69, 9.17) is 0 Å². The number of carbonyl (C=O) groups excluding carboxylic acids is 1. The van der Waals surface area contributed by atoms with E-state index in [1.165, 1.54) is 11.8 Å². The van der Waals surface area contributed by atoms with Crippen molar-refractivity contribution in [3.05, 3.63) is 0 Å². The van der Waals surface area contributed by atoms with Gasteiger partial charge in [-0.1, -0.05) is 18.7 Å². The summed E-state index contributed by atoms with van der Waals surface area (Å²) in [4.78, 5) is 11.6. The molecule has 17 heavy (non-hydrogen) atoms. The standard InChI is InChI=1S/C10H17N5OS/c1-3-7(2)11-9(16)6-17-10-12-13-14-15(10)8-4-5-8/h7-8H,3-6H2,1-2H3,(H,11,16)/t7-/m0/s1. The van der Waals surface area contributed by atoms with Crippen LogP contribution in [0.3, 0.4) is 0 Å². The molecule has 1 fully saturated rings. The molecule has 0 aliphatic heterocycles. The number of tetrazole rings is 1. The average Bonchev–Trinajstić information content (AvgIpc) is 3.05. The van der Waals surface area contributed by atoms with Crippen LogP contribution < -0.4 is 5.32 Å². The third kappa shape index (κ3) is 3.42. The molecule has 0 radical (unpaired) electrons. The van der Waals surface area contributed by atoms with Crippen molar-refractivity contribution in [3.63, 3.8) is 0 Å². The monoisotopic (exact) mass is 255 g/mol. The van der Waals surface area contributed by atoms with Crippen LogP contribution in [0.4, 0.5) is 0 Å². The van der Waals surface area contributed by atoms with E-state index in [1.807, 2.05) is 18.5 Å². The molecular formula is C10H17N5OS. The fraction of sp³-hybridized carbons (Fsp3) is 0.800. The van der Waals surface area contributed by atoms with E-state index < -0.39 is 0 Å². The van der Waals surface area contributed by atoms with Crippen molar-refractivity contribution in [1.82, 2.24) is 25.5 Å². The van der Waals surface area contributed by atoms with Crippen LogP contribution in [0.5, 0.6) is 0 Å². The van der Waals surface area contributed by atoms with Crippen LogP contribution in [0.2, 0.25) is 0 Å². The van der Waals surface area contributed by atoms with Crippen molar-refractivity contribution in [2.45, 2.75) is 50.4 Å². The summed E-state index contributed by atoms with van der Waals surface area (Å²) in [5.41, 5.74) is 0. The van der Waals surface area contributed by atoms with Crippen LogP contribution in [0, 0.1) is 0 Å². The predicted octanol–water partition coefficient (Wildman–Crippen LogP) is 1.01. The average molecular weight is 255 g/mol. The molecule has 0 aromatic carbocycles. The third-order valence-electron chi connectivity index (χ3n) is 2.71. The van der Waals surface area contributed by atoms with E-state index in [0.717, 1.165) is 24.4 Å². The third-order valence-corrected chi connectivity index (χ3v) is 3.64. The van der Waals surface area contributed by atoms with Gasteiger partial charge in [0.15, 0.2) is 0 Å². The number of hydrogen-bond donors (Lipinski definition) is 1. The number of thioether (sulfide) groups is 1. The van der Waals surface area contributed by atoms with E-state index >= 15 is 0 Å². The molecule has 6 nitrogen and oxygen atoms in total. The molecule has 7 heteroatoms. The van der Waals surface area contributed by atoms with Crippen molar-refractivity contribution in [2.75, 3.05) is 5.75 Å². The summed E-state index contributed by atoms with van der Waals surface area (Å²) in [6.07, 6.45) is 3.21. The molecule has 1 aromatic rings. The summed E-state index contributed by atoms with van der Waals surface area (Å²) in [6.45, 7) is 4.04. The van der Waals surface area contributed by atoms with Gasteiger partial charge in [-0.3, -0.25) is 4.79 Å². The summed E-state index contributed by atoms with van der Waals surface area (Å²) in [5.74, 6) is 0.409. The highest BCUT2D eigenvalue weighted by Crippen LogP contribution is 2.36. The minimum Gasteiger partial charge on any atom is -0.353 e. The van der Waals surface area contributed by atoms with Crippen LogP contribution in [0.15, 0.2) is 5.16 Å². The van der Waals surface area contributed by atoms with E-state index in [2.05, 4.69) is 20.8 Å². The fourth-order valence-electron chi connectivity index (χ4n) is 1.38. The molecule has 2 rings (SSSR count). The Morgan fingerprint density at radius 2 is 2.41 bits per heavy atom. The van der Waals surface area contributed by atoms with E-state index in [0.29, 0.717) is 11.8 Å². The zero-order valence-electron chi connectivity index (χ0n) is 10.1. The van der Waals surface area contributed by atoms with Crippen molar-refractivity contribution in [3.8, 4) is 0 Å². The number of aromatic nitrogens is 4. The summed E-state index contributed by atoms with van der Waals surface area (Å²) < 4.78 is 1.82. The van der Waals surface area contributed by atoms with Gasteiger partial charge < -0.3 is 5.32 Å². The minimum absolute atomic E-state index is 0.0368. The molecule has 1 amide bonds. The zero-order valence-corrected chi connectivity index (χ0v) is 10.9. The number of amides is 1. The largest absolute Gasteiger partial charge is 0.353 e. The van der Waals surface area contributed by atoms with Gasteiger partial charge in [-0.2, -0.15) is 0 Å². The fourth-order valence-corrected chi connectivity index (χ4v) is 2.13. The highest BCUT2D eigenvalue weighted by atomic mass is 32.2. The number of nitrogens with one attached hydrogen (secondary N) is 1.